The molecule has 8 nitrogen and oxygen atoms in total. The first-order valence-electron chi connectivity index (χ1n) is 20.4. The number of oxazole rings is 2. The first-order valence-corrected chi connectivity index (χ1v) is 20.4. The summed E-state index contributed by atoms with van der Waals surface area (Å²) in [6.07, 6.45) is 1.55. The van der Waals surface area contributed by atoms with Crippen LogP contribution in [0.25, 0.3) is 45.1 Å². The summed E-state index contributed by atoms with van der Waals surface area (Å²) in [6, 6.07) is 58.9. The minimum Gasteiger partial charge on any atom is -0.436 e. The molecular formula is C52H40N6O2. The number of nitrogens with zero attached hydrogens (tertiary/aromatic N) is 6. The summed E-state index contributed by atoms with van der Waals surface area (Å²) in [5.41, 5.74) is 16.2. The number of aryl methyl sites for hydroxylation is 2. The fourth-order valence-corrected chi connectivity index (χ4v) is 8.40. The van der Waals surface area contributed by atoms with Gasteiger partial charge in [-0.25, -0.2) is 9.97 Å². The Morgan fingerprint density at radius 1 is 0.433 bits per heavy atom. The molecule has 0 N–H and O–H groups in total. The van der Waals surface area contributed by atoms with Crippen molar-refractivity contribution in [2.24, 2.45) is 10.2 Å². The van der Waals surface area contributed by atoms with Crippen molar-refractivity contribution >= 4 is 45.0 Å². The van der Waals surface area contributed by atoms with Gasteiger partial charge in [0.15, 0.2) is 11.2 Å². The first kappa shape index (κ1) is 35.6. The van der Waals surface area contributed by atoms with Crippen molar-refractivity contribution in [3.8, 4) is 22.9 Å². The smallest absolute Gasteiger partial charge is 0.227 e. The molecule has 60 heavy (non-hydrogen) atoms. The Morgan fingerprint density at radius 2 is 0.833 bits per heavy atom. The van der Waals surface area contributed by atoms with Crippen LogP contribution in [0.3, 0.4) is 0 Å². The van der Waals surface area contributed by atoms with Crippen molar-refractivity contribution < 1.29 is 8.83 Å². The van der Waals surface area contributed by atoms with E-state index in [0.717, 1.165) is 91.2 Å². The minimum absolute atomic E-state index is 0.00605. The fraction of sp³-hybridized carbons (Fsp3) is 0.115. The van der Waals surface area contributed by atoms with Crippen molar-refractivity contribution in [1.82, 2.24) is 9.97 Å². The second kappa shape index (κ2) is 14.7. The van der Waals surface area contributed by atoms with Crippen LogP contribution in [0, 0.1) is 13.8 Å². The van der Waals surface area contributed by atoms with E-state index in [4.69, 9.17) is 29.0 Å². The van der Waals surface area contributed by atoms with Crippen LogP contribution in [0.5, 0.6) is 0 Å². The molecule has 290 valence electrons. The fourth-order valence-electron chi connectivity index (χ4n) is 8.40. The van der Waals surface area contributed by atoms with Gasteiger partial charge in [-0.05, 0) is 120 Å². The number of anilines is 2. The maximum Gasteiger partial charge on any atom is 0.227 e. The molecule has 0 fully saturated rings. The maximum absolute atomic E-state index is 6.13. The van der Waals surface area contributed by atoms with Gasteiger partial charge in [-0.1, -0.05) is 97.1 Å². The Balaban J connectivity index is 0.895. The van der Waals surface area contributed by atoms with Gasteiger partial charge in [0, 0.05) is 24.0 Å². The summed E-state index contributed by atoms with van der Waals surface area (Å²) in [4.78, 5) is 9.55. The third-order valence-electron chi connectivity index (χ3n) is 11.6. The molecule has 2 atom stereocenters. The van der Waals surface area contributed by atoms with E-state index in [-0.39, 0.29) is 12.1 Å². The maximum atomic E-state index is 6.13. The Hall–Kier alpha value is -7.58. The third kappa shape index (κ3) is 6.62. The number of rotatable bonds is 8. The van der Waals surface area contributed by atoms with Gasteiger partial charge in [0.05, 0.1) is 34.9 Å². The first-order chi connectivity index (χ1) is 29.5. The lowest BCUT2D eigenvalue weighted by molar-refractivity contribution is 0.619. The van der Waals surface area contributed by atoms with E-state index >= 15 is 0 Å². The van der Waals surface area contributed by atoms with Crippen molar-refractivity contribution in [2.45, 2.75) is 38.8 Å². The van der Waals surface area contributed by atoms with Crippen molar-refractivity contribution in [3.63, 3.8) is 0 Å². The van der Waals surface area contributed by atoms with Crippen molar-refractivity contribution in [1.29, 1.82) is 0 Å². The summed E-state index contributed by atoms with van der Waals surface area (Å²) in [6.45, 7) is 4.13. The van der Waals surface area contributed by atoms with Gasteiger partial charge in [-0.3, -0.25) is 10.0 Å². The van der Waals surface area contributed by atoms with Gasteiger partial charge in [-0.15, -0.1) is 0 Å². The number of hydrazone groups is 2. The topological polar surface area (TPSA) is 83.3 Å². The molecule has 0 aliphatic carbocycles. The summed E-state index contributed by atoms with van der Waals surface area (Å²) >= 11 is 0. The Morgan fingerprint density at radius 3 is 1.23 bits per heavy atom. The monoisotopic (exact) mass is 780 g/mol. The van der Waals surface area contributed by atoms with E-state index in [1.54, 1.807) is 0 Å². The standard InChI is InChI=1S/C52H40N6O2/c1-33-13-27-49-45(29-33)53-51(59-49)39-19-23-41(24-20-39)57-47(31-43(55-57)35-9-5-3-6-10-35)37-15-17-38(18-16-37)48-32-44(36-11-7-4-8-12-36)56-58(48)42-25-21-40(22-26-42)52-54-46-30-34(2)14-28-50(46)60-52/h3-30,47-48H,31-32H2,1-2H3. The molecule has 0 bridgehead atoms. The Bertz CT molecular complexity index is 2850. The molecular weight excluding hydrogens is 741 g/mol. The number of hydrogen-bond acceptors (Lipinski definition) is 8. The zero-order valence-electron chi connectivity index (χ0n) is 33.2. The largest absolute Gasteiger partial charge is 0.436 e. The van der Waals surface area contributed by atoms with Gasteiger partial charge in [0.2, 0.25) is 11.8 Å². The zero-order chi connectivity index (χ0) is 40.2. The van der Waals surface area contributed by atoms with Gasteiger partial charge in [0.25, 0.3) is 0 Å². The second-order valence-corrected chi connectivity index (χ2v) is 15.7. The summed E-state index contributed by atoms with van der Waals surface area (Å²) in [5.74, 6) is 1.22. The summed E-state index contributed by atoms with van der Waals surface area (Å²) in [7, 11) is 0. The molecule has 4 heterocycles. The third-order valence-corrected chi connectivity index (χ3v) is 11.6. The summed E-state index contributed by atoms with van der Waals surface area (Å²) in [5, 5.41) is 14.8. The van der Waals surface area contributed by atoms with E-state index in [0.29, 0.717) is 11.8 Å². The molecule has 0 amide bonds. The molecule has 2 aromatic heterocycles. The Kier molecular flexibility index (Phi) is 8.69. The molecule has 11 rings (SSSR count). The highest BCUT2D eigenvalue weighted by Crippen LogP contribution is 2.41. The molecule has 0 radical (unpaired) electrons. The molecule has 0 saturated heterocycles. The zero-order valence-corrected chi connectivity index (χ0v) is 33.2. The Labute approximate surface area is 347 Å². The molecule has 0 saturated carbocycles. The average molecular weight is 781 g/mol. The molecule has 0 spiro atoms. The number of fused-ring (bicyclic) bond motifs is 2. The van der Waals surface area contributed by atoms with Crippen LogP contribution in [0.2, 0.25) is 0 Å². The van der Waals surface area contributed by atoms with E-state index in [1.165, 1.54) is 11.1 Å². The van der Waals surface area contributed by atoms with Gasteiger partial charge >= 0.3 is 0 Å². The van der Waals surface area contributed by atoms with Crippen LogP contribution in [0.1, 0.15) is 58.3 Å². The van der Waals surface area contributed by atoms with E-state index in [1.807, 2.05) is 36.4 Å². The summed E-state index contributed by atoms with van der Waals surface area (Å²) < 4.78 is 12.3. The lowest BCUT2D eigenvalue weighted by atomic mass is 9.94. The lowest BCUT2D eigenvalue weighted by Gasteiger charge is -2.26. The number of aromatic nitrogens is 2. The number of hydrogen-bond donors (Lipinski definition) is 0. The van der Waals surface area contributed by atoms with E-state index < -0.39 is 0 Å². The van der Waals surface area contributed by atoms with Gasteiger partial charge in [-0.2, -0.15) is 10.2 Å². The van der Waals surface area contributed by atoms with Crippen molar-refractivity contribution in [3.05, 3.63) is 203 Å². The van der Waals surface area contributed by atoms with Gasteiger partial charge < -0.3 is 8.83 Å². The van der Waals surface area contributed by atoms with Crippen LogP contribution >= 0.6 is 0 Å². The van der Waals surface area contributed by atoms with E-state index in [9.17, 15) is 0 Å². The minimum atomic E-state index is 0.00605. The average Bonchev–Trinajstić information content (AvgIpc) is 4.12. The normalized spacial score (nSPS) is 16.5. The molecule has 2 aliphatic rings. The van der Waals surface area contributed by atoms with Crippen LogP contribution in [-0.2, 0) is 0 Å². The SMILES string of the molecule is Cc1ccc2oc(-c3ccc(N4N=C(c5ccccc5)CC4c4ccc(C5CC(c6ccccc6)=NN5c5ccc(-c6nc7cc(C)ccc7o6)cc5)cc4)cc3)nc2c1. The molecule has 2 aliphatic heterocycles. The van der Waals surface area contributed by atoms with Crippen molar-refractivity contribution in [2.75, 3.05) is 10.0 Å². The van der Waals surface area contributed by atoms with E-state index in [2.05, 4.69) is 157 Å². The predicted octanol–water partition coefficient (Wildman–Crippen LogP) is 12.6. The van der Waals surface area contributed by atoms with Crippen LogP contribution in [0.15, 0.2) is 189 Å². The second-order valence-electron chi connectivity index (χ2n) is 15.7. The van der Waals surface area contributed by atoms with Crippen LogP contribution in [0.4, 0.5) is 11.4 Å². The predicted molar refractivity (Wildman–Crippen MR) is 240 cm³/mol. The molecule has 7 aromatic carbocycles. The quantitative estimate of drug-likeness (QED) is 0.153. The highest BCUT2D eigenvalue weighted by molar-refractivity contribution is 6.04. The molecule has 9 aromatic rings. The highest BCUT2D eigenvalue weighted by Gasteiger charge is 2.33. The molecule has 2 unspecified atom stereocenters. The van der Waals surface area contributed by atoms with Crippen LogP contribution in [-0.4, -0.2) is 21.4 Å². The molecule has 8 heteroatoms. The van der Waals surface area contributed by atoms with Crippen LogP contribution < -0.4 is 10.0 Å². The highest BCUT2D eigenvalue weighted by atomic mass is 16.4. The van der Waals surface area contributed by atoms with Gasteiger partial charge in [0.1, 0.15) is 11.0 Å². The lowest BCUT2D eigenvalue weighted by Crippen LogP contribution is -2.20. The number of benzene rings is 7.